The summed E-state index contributed by atoms with van der Waals surface area (Å²) in [5, 5.41) is 2.94. The maximum atomic E-state index is 14.2. The third-order valence-corrected chi connectivity index (χ3v) is 7.30. The van der Waals surface area contributed by atoms with Crippen LogP contribution in [0.3, 0.4) is 0 Å². The Morgan fingerprint density at radius 2 is 1.34 bits per heavy atom. The lowest BCUT2D eigenvalue weighted by Gasteiger charge is -2.24. The summed E-state index contributed by atoms with van der Waals surface area (Å²) in [5.74, 6) is -0.651. The fraction of sp³-hybridized carbons (Fsp3) is 0.400. The Hall–Kier alpha value is -3.78. The van der Waals surface area contributed by atoms with E-state index in [9.17, 15) is 9.59 Å². The van der Waals surface area contributed by atoms with Crippen molar-refractivity contribution >= 4 is 33.8 Å². The minimum atomic E-state index is -0.725. The predicted octanol–water partition coefficient (Wildman–Crippen LogP) is 4.19. The van der Waals surface area contributed by atoms with Gasteiger partial charge in [0.25, 0.3) is 0 Å². The topological polar surface area (TPSA) is 130 Å². The van der Waals surface area contributed by atoms with Gasteiger partial charge in [0.05, 0.1) is 28.9 Å². The van der Waals surface area contributed by atoms with E-state index in [2.05, 4.69) is 21.4 Å². The molecule has 0 aliphatic carbocycles. The van der Waals surface area contributed by atoms with Crippen molar-refractivity contribution in [2.45, 2.75) is 65.5 Å². The Morgan fingerprint density at radius 3 is 1.95 bits per heavy atom. The minimum absolute atomic E-state index is 0.0380. The quantitative estimate of drug-likeness (QED) is 0.368. The van der Waals surface area contributed by atoms with Gasteiger partial charge < -0.3 is 21.0 Å². The van der Waals surface area contributed by atoms with Crippen molar-refractivity contribution in [3.05, 3.63) is 70.8 Å². The average molecular weight is 513 g/mol. The lowest BCUT2D eigenvalue weighted by molar-refractivity contribution is -0.124. The van der Waals surface area contributed by atoms with E-state index in [4.69, 9.17) is 15.7 Å². The van der Waals surface area contributed by atoms with Crippen LogP contribution >= 0.6 is 0 Å². The Labute approximate surface area is 222 Å². The third kappa shape index (κ3) is 5.41. The molecule has 0 radical (unpaired) electrons. The van der Waals surface area contributed by atoms with Crippen LogP contribution < -0.4 is 11.1 Å². The van der Waals surface area contributed by atoms with Gasteiger partial charge in [-0.25, -0.2) is 0 Å². The summed E-state index contributed by atoms with van der Waals surface area (Å²) in [4.78, 5) is 43.6. The number of carbonyl (C=O) groups excluding carboxylic acids is 2. The summed E-state index contributed by atoms with van der Waals surface area (Å²) in [7, 11) is 0. The second kappa shape index (κ2) is 10.5. The fourth-order valence-corrected chi connectivity index (χ4v) is 5.03. The third-order valence-electron chi connectivity index (χ3n) is 7.30. The summed E-state index contributed by atoms with van der Waals surface area (Å²) >= 11 is 0. The molecule has 8 bridgehead atoms. The van der Waals surface area contributed by atoms with Crippen molar-refractivity contribution in [1.82, 2.24) is 25.3 Å². The molecule has 0 saturated carbocycles. The average Bonchev–Trinajstić information content (AvgIpc) is 3.67. The lowest BCUT2D eigenvalue weighted by Crippen LogP contribution is -2.52. The van der Waals surface area contributed by atoms with Crippen LogP contribution in [0, 0.1) is 11.8 Å². The number of aryl methyl sites for hydroxylation is 4. The van der Waals surface area contributed by atoms with E-state index < -0.39 is 12.1 Å². The van der Waals surface area contributed by atoms with E-state index in [1.807, 2.05) is 64.1 Å². The van der Waals surface area contributed by atoms with Gasteiger partial charge in [-0.1, -0.05) is 27.7 Å². The van der Waals surface area contributed by atoms with Crippen molar-refractivity contribution in [2.75, 3.05) is 0 Å². The van der Waals surface area contributed by atoms with Crippen molar-refractivity contribution in [2.24, 2.45) is 17.6 Å². The molecule has 38 heavy (non-hydrogen) atoms. The molecule has 5 heterocycles. The van der Waals surface area contributed by atoms with Gasteiger partial charge in [-0.2, -0.15) is 0 Å². The maximum absolute atomic E-state index is 14.2. The van der Waals surface area contributed by atoms with Crippen LogP contribution in [-0.4, -0.2) is 43.7 Å². The number of hydrogen-bond donors (Lipinski definition) is 4. The molecule has 0 aromatic carbocycles. The molecule has 0 fully saturated rings. The lowest BCUT2D eigenvalue weighted by atomic mass is 9.92. The molecule has 5 N–H and O–H groups in total. The highest BCUT2D eigenvalue weighted by molar-refractivity contribution is 6.08. The van der Waals surface area contributed by atoms with Crippen LogP contribution in [0.5, 0.6) is 0 Å². The van der Waals surface area contributed by atoms with Crippen LogP contribution in [-0.2, 0) is 30.5 Å². The smallest absolute Gasteiger partial charge is 0.237 e. The normalized spacial score (nSPS) is 15.0. The molecule has 0 saturated heterocycles. The molecule has 0 spiro atoms. The number of hydrogen-bond acceptors (Lipinski definition) is 5. The van der Waals surface area contributed by atoms with Crippen LogP contribution in [0.4, 0.5) is 0 Å². The number of carbonyl (C=O) groups is 2. The Kier molecular flexibility index (Phi) is 7.17. The summed E-state index contributed by atoms with van der Waals surface area (Å²) in [6.45, 7) is 7.65. The minimum Gasteiger partial charge on any atom is -0.355 e. The largest absolute Gasteiger partial charge is 0.355 e. The van der Waals surface area contributed by atoms with Gasteiger partial charge in [0.2, 0.25) is 5.91 Å². The van der Waals surface area contributed by atoms with E-state index in [0.717, 1.165) is 58.6 Å². The van der Waals surface area contributed by atoms with Gasteiger partial charge >= 0.3 is 0 Å². The SMILES string of the molecule is CC(C)[C@H](N)C(=O)N[C@H](C(=O)c1c2nc(cc3ccc(cc4nc(cc5ccc1[nH]5)CC4)[nH]3)CC2)C(C)C. The standard InChI is InChI=1S/C30H36N6O2/c1-16(2)27(31)30(38)36-28(17(3)4)29(37)26-24-11-9-22(34-24)14-20-7-5-18(32-20)13-19-6-8-21(33-19)15-23-10-12-25(26)35-23/h5,7,10,12-17,27-28,32,35H,6,8-9,11,31H2,1-4H3,(H,36,38)/t27-,28-/m0/s1. The molecule has 2 atom stereocenters. The monoisotopic (exact) mass is 512 g/mol. The Morgan fingerprint density at radius 1 is 0.789 bits per heavy atom. The zero-order chi connectivity index (χ0) is 27.0. The zero-order valence-corrected chi connectivity index (χ0v) is 22.5. The molecule has 3 aromatic rings. The molecule has 198 valence electrons. The Balaban J connectivity index is 1.70. The van der Waals surface area contributed by atoms with Gasteiger partial charge in [-0.05, 0) is 80.0 Å². The second-order valence-corrected chi connectivity index (χ2v) is 11.0. The molecule has 2 aliphatic rings. The number of aromatic nitrogens is 4. The molecule has 2 aliphatic heterocycles. The number of aromatic amines is 2. The maximum Gasteiger partial charge on any atom is 0.237 e. The van der Waals surface area contributed by atoms with E-state index in [1.165, 1.54) is 0 Å². The molecular weight excluding hydrogens is 476 g/mol. The first-order chi connectivity index (χ1) is 18.2. The first-order valence-corrected chi connectivity index (χ1v) is 13.4. The summed E-state index contributed by atoms with van der Waals surface area (Å²) in [5.41, 5.74) is 13.8. The molecule has 1 amide bonds. The number of ketones is 1. The number of nitrogens with two attached hydrogens (primary N) is 1. The number of fused-ring (bicyclic) bond motifs is 8. The highest BCUT2D eigenvalue weighted by atomic mass is 16.2. The molecule has 3 aromatic heterocycles. The van der Waals surface area contributed by atoms with E-state index in [0.29, 0.717) is 17.5 Å². The van der Waals surface area contributed by atoms with Gasteiger partial charge in [0.1, 0.15) is 0 Å². The highest BCUT2D eigenvalue weighted by Crippen LogP contribution is 2.23. The van der Waals surface area contributed by atoms with Crippen LogP contribution in [0.15, 0.2) is 42.5 Å². The zero-order valence-electron chi connectivity index (χ0n) is 22.5. The van der Waals surface area contributed by atoms with E-state index >= 15 is 0 Å². The van der Waals surface area contributed by atoms with Crippen LogP contribution in [0.1, 0.15) is 60.8 Å². The van der Waals surface area contributed by atoms with Crippen molar-refractivity contribution in [3.63, 3.8) is 0 Å². The number of rotatable bonds is 6. The summed E-state index contributed by atoms with van der Waals surface area (Å²) < 4.78 is 0. The van der Waals surface area contributed by atoms with E-state index in [-0.39, 0.29) is 23.5 Å². The summed E-state index contributed by atoms with van der Waals surface area (Å²) in [6.07, 6.45) is 3.11. The number of amides is 1. The van der Waals surface area contributed by atoms with E-state index in [1.54, 1.807) is 0 Å². The molecule has 0 unspecified atom stereocenters. The number of nitrogens with one attached hydrogen (secondary N) is 3. The summed E-state index contributed by atoms with van der Waals surface area (Å²) in [6, 6.07) is 12.7. The van der Waals surface area contributed by atoms with Crippen LogP contribution in [0.25, 0.3) is 22.1 Å². The van der Waals surface area contributed by atoms with Crippen molar-refractivity contribution < 1.29 is 9.59 Å². The predicted molar refractivity (Wildman–Crippen MR) is 150 cm³/mol. The second-order valence-electron chi connectivity index (χ2n) is 11.0. The van der Waals surface area contributed by atoms with Gasteiger partial charge in [-0.3, -0.25) is 19.6 Å². The van der Waals surface area contributed by atoms with Gasteiger partial charge in [0.15, 0.2) is 5.78 Å². The number of Topliss-reactive ketones (excluding diaryl/α,β-unsaturated/α-hetero) is 1. The molecular formula is C30H36N6O2. The van der Waals surface area contributed by atoms with Crippen LogP contribution in [0.2, 0.25) is 0 Å². The fourth-order valence-electron chi connectivity index (χ4n) is 5.03. The molecule has 8 nitrogen and oxygen atoms in total. The number of H-pyrrole nitrogens is 2. The highest BCUT2D eigenvalue weighted by Gasteiger charge is 2.31. The van der Waals surface area contributed by atoms with Crippen molar-refractivity contribution in [3.8, 4) is 0 Å². The van der Waals surface area contributed by atoms with Crippen molar-refractivity contribution in [1.29, 1.82) is 0 Å². The van der Waals surface area contributed by atoms with Gasteiger partial charge in [-0.15, -0.1) is 0 Å². The Bertz CT molecular complexity index is 1530. The first-order valence-electron chi connectivity index (χ1n) is 13.4. The molecule has 8 heteroatoms. The number of nitrogens with zero attached hydrogens (tertiary/aromatic N) is 2. The first kappa shape index (κ1) is 25.9. The molecule has 5 rings (SSSR count). The van der Waals surface area contributed by atoms with Gasteiger partial charge in [0, 0.05) is 33.6 Å².